The van der Waals surface area contributed by atoms with Crippen molar-refractivity contribution in [2.24, 2.45) is 5.92 Å². The van der Waals surface area contributed by atoms with Crippen LogP contribution in [0.1, 0.15) is 23.1 Å². The molecule has 0 N–H and O–H groups in total. The van der Waals surface area contributed by atoms with Crippen molar-refractivity contribution in [2.75, 3.05) is 0 Å². The number of allylic oxidation sites excluding steroid dienone is 4. The summed E-state index contributed by atoms with van der Waals surface area (Å²) in [5.41, 5.74) is 11.6. The number of rotatable bonds is 4. The molecule has 0 saturated heterocycles. The first-order chi connectivity index (χ1) is 23.7. The topological polar surface area (TPSA) is 57.4 Å². The molecule has 6 aromatic carbocycles. The Balaban J connectivity index is 1.19. The molecule has 224 valence electrons. The van der Waals surface area contributed by atoms with Gasteiger partial charge in [-0.25, -0.2) is 0 Å². The van der Waals surface area contributed by atoms with E-state index in [9.17, 15) is 10.5 Å². The van der Waals surface area contributed by atoms with Crippen LogP contribution < -0.4 is 0 Å². The lowest BCUT2D eigenvalue weighted by Crippen LogP contribution is -2.06. The molecule has 8 aromatic rings. The van der Waals surface area contributed by atoms with Gasteiger partial charge in [-0.2, -0.15) is 10.5 Å². The van der Waals surface area contributed by atoms with E-state index in [0.717, 1.165) is 66.5 Å². The van der Waals surface area contributed by atoms with E-state index in [1.54, 1.807) is 0 Å². The normalized spacial score (nSPS) is 14.6. The number of para-hydroxylation sites is 4. The highest BCUT2D eigenvalue weighted by Crippen LogP contribution is 2.42. The Bertz CT molecular complexity index is 2670. The molecule has 0 saturated carbocycles. The van der Waals surface area contributed by atoms with Gasteiger partial charge in [0.25, 0.3) is 0 Å². The number of aromatic nitrogens is 2. The van der Waals surface area contributed by atoms with Crippen molar-refractivity contribution in [3.8, 4) is 23.5 Å². The first kappa shape index (κ1) is 27.7. The van der Waals surface area contributed by atoms with E-state index in [1.165, 1.54) is 10.8 Å². The number of nitriles is 2. The Morgan fingerprint density at radius 3 is 1.77 bits per heavy atom. The molecule has 0 aliphatic heterocycles. The van der Waals surface area contributed by atoms with E-state index in [4.69, 9.17) is 0 Å². The molecule has 1 unspecified atom stereocenters. The summed E-state index contributed by atoms with van der Waals surface area (Å²) >= 11 is 0. The summed E-state index contributed by atoms with van der Waals surface area (Å²) in [5, 5.41) is 24.4. The second kappa shape index (κ2) is 11.0. The van der Waals surface area contributed by atoms with Crippen molar-refractivity contribution in [3.63, 3.8) is 0 Å². The second-order valence-corrected chi connectivity index (χ2v) is 12.3. The van der Waals surface area contributed by atoms with E-state index in [1.807, 2.05) is 18.2 Å². The van der Waals surface area contributed by atoms with Gasteiger partial charge in [0, 0.05) is 32.8 Å². The van der Waals surface area contributed by atoms with Crippen LogP contribution in [0.4, 0.5) is 0 Å². The third-order valence-corrected chi connectivity index (χ3v) is 9.65. The predicted octanol–water partition coefficient (Wildman–Crippen LogP) is 10.8. The molecule has 1 aliphatic carbocycles. The Kier molecular flexibility index (Phi) is 6.35. The zero-order valence-corrected chi connectivity index (χ0v) is 26.0. The van der Waals surface area contributed by atoms with Gasteiger partial charge in [-0.05, 0) is 71.7 Å². The molecule has 0 radical (unpaired) electrons. The monoisotopic (exact) mass is 612 g/mol. The molecule has 2 heterocycles. The van der Waals surface area contributed by atoms with Gasteiger partial charge < -0.3 is 9.13 Å². The molecule has 2 aromatic heterocycles. The fourth-order valence-electron chi connectivity index (χ4n) is 7.50. The molecule has 4 heteroatoms. The fourth-order valence-corrected chi connectivity index (χ4v) is 7.50. The third-order valence-electron chi connectivity index (χ3n) is 9.65. The maximum absolute atomic E-state index is 10.0. The van der Waals surface area contributed by atoms with Crippen molar-refractivity contribution >= 4 is 54.8 Å². The third kappa shape index (κ3) is 4.21. The van der Waals surface area contributed by atoms with Crippen LogP contribution in [0.2, 0.25) is 0 Å². The van der Waals surface area contributed by atoms with Crippen LogP contribution in [-0.2, 0) is 0 Å². The lowest BCUT2D eigenvalue weighted by atomic mass is 9.83. The van der Waals surface area contributed by atoms with Crippen LogP contribution in [0.15, 0.2) is 152 Å². The van der Waals surface area contributed by atoms with Crippen molar-refractivity contribution in [2.45, 2.75) is 6.42 Å². The minimum atomic E-state index is -0.203. The number of hydrogen-bond acceptors (Lipinski definition) is 2. The zero-order valence-electron chi connectivity index (χ0n) is 26.0. The zero-order chi connectivity index (χ0) is 32.2. The Morgan fingerprint density at radius 1 is 0.542 bits per heavy atom. The van der Waals surface area contributed by atoms with Gasteiger partial charge in [-0.1, -0.05) is 103 Å². The molecule has 9 rings (SSSR count). The van der Waals surface area contributed by atoms with Crippen LogP contribution >= 0.6 is 0 Å². The summed E-state index contributed by atoms with van der Waals surface area (Å²) < 4.78 is 4.60. The molecule has 48 heavy (non-hydrogen) atoms. The molecule has 0 spiro atoms. The minimum Gasteiger partial charge on any atom is -0.309 e. The maximum atomic E-state index is 10.0. The second-order valence-electron chi connectivity index (χ2n) is 12.3. The van der Waals surface area contributed by atoms with Gasteiger partial charge in [-0.15, -0.1) is 0 Å². The van der Waals surface area contributed by atoms with Gasteiger partial charge in [-0.3, -0.25) is 0 Å². The van der Waals surface area contributed by atoms with Crippen molar-refractivity contribution in [1.29, 1.82) is 10.5 Å². The van der Waals surface area contributed by atoms with Crippen molar-refractivity contribution < 1.29 is 0 Å². The Morgan fingerprint density at radius 2 is 1.12 bits per heavy atom. The van der Waals surface area contributed by atoms with E-state index in [2.05, 4.69) is 155 Å². The summed E-state index contributed by atoms with van der Waals surface area (Å²) in [6.45, 7) is 0. The average Bonchev–Trinajstić information content (AvgIpc) is 3.67. The average molecular weight is 613 g/mol. The van der Waals surface area contributed by atoms with Crippen LogP contribution in [-0.4, -0.2) is 9.13 Å². The standard InChI is InChI=1S/C44H28N4/c45-27-29-17-23-33(34-9-1-6-14-41(34)48-42-15-7-3-10-35(42)36-11-4-8-16-43(36)48)39(25-29)31-19-21-32(22-20-31)47-40-13-5-2-12-37(40)38-24-18-30(28-46)26-44(38)47/h1-16,18-26,29H,17H2. The number of nitrogens with zero attached hydrogens (tertiary/aromatic N) is 4. The van der Waals surface area contributed by atoms with Gasteiger partial charge >= 0.3 is 0 Å². The highest BCUT2D eigenvalue weighted by molar-refractivity contribution is 6.12. The molecule has 1 atom stereocenters. The SMILES string of the molecule is N#Cc1ccc2c3ccccc3n(-c3ccc(C4=CC(C#N)CC=C4c4ccccc4-n4c5ccccc5c5ccccc54)cc3)c2c1. The lowest BCUT2D eigenvalue weighted by Gasteiger charge is -2.23. The highest BCUT2D eigenvalue weighted by Gasteiger charge is 2.23. The molecular weight excluding hydrogens is 585 g/mol. The summed E-state index contributed by atoms with van der Waals surface area (Å²) in [5.74, 6) is -0.203. The summed E-state index contributed by atoms with van der Waals surface area (Å²) in [7, 11) is 0. The summed E-state index contributed by atoms with van der Waals surface area (Å²) in [6, 6.07) is 53.4. The molecule has 1 aliphatic rings. The van der Waals surface area contributed by atoms with E-state index in [0.29, 0.717) is 12.0 Å². The predicted molar refractivity (Wildman–Crippen MR) is 196 cm³/mol. The first-order valence-corrected chi connectivity index (χ1v) is 16.2. The van der Waals surface area contributed by atoms with Crippen LogP contribution in [0.5, 0.6) is 0 Å². The minimum absolute atomic E-state index is 0.203. The lowest BCUT2D eigenvalue weighted by molar-refractivity contribution is 0.843. The van der Waals surface area contributed by atoms with E-state index < -0.39 is 0 Å². The van der Waals surface area contributed by atoms with E-state index >= 15 is 0 Å². The smallest absolute Gasteiger partial charge is 0.0992 e. The Labute approximate surface area is 277 Å². The molecule has 0 amide bonds. The maximum Gasteiger partial charge on any atom is 0.0992 e. The number of fused-ring (bicyclic) bond motifs is 6. The molecule has 0 bridgehead atoms. The molecule has 0 fully saturated rings. The first-order valence-electron chi connectivity index (χ1n) is 16.2. The highest BCUT2D eigenvalue weighted by atomic mass is 15.0. The summed E-state index contributed by atoms with van der Waals surface area (Å²) in [4.78, 5) is 0. The molecule has 4 nitrogen and oxygen atoms in total. The molecular formula is C44H28N4. The van der Waals surface area contributed by atoms with Crippen LogP contribution in [0.3, 0.4) is 0 Å². The van der Waals surface area contributed by atoms with Gasteiger partial charge in [0.1, 0.15) is 0 Å². The van der Waals surface area contributed by atoms with Crippen molar-refractivity contribution in [3.05, 3.63) is 168 Å². The van der Waals surface area contributed by atoms with Crippen molar-refractivity contribution in [1.82, 2.24) is 9.13 Å². The number of hydrogen-bond donors (Lipinski definition) is 0. The summed E-state index contributed by atoms with van der Waals surface area (Å²) in [6.07, 6.45) is 5.03. The van der Waals surface area contributed by atoms with E-state index in [-0.39, 0.29) is 5.92 Å². The van der Waals surface area contributed by atoms with Gasteiger partial charge in [0.05, 0.1) is 51.4 Å². The number of benzene rings is 6. The van der Waals surface area contributed by atoms with Crippen LogP contribution in [0.25, 0.3) is 66.1 Å². The Hall–Kier alpha value is -6.62. The van der Waals surface area contributed by atoms with Gasteiger partial charge in [0.2, 0.25) is 0 Å². The quantitative estimate of drug-likeness (QED) is 0.199. The largest absolute Gasteiger partial charge is 0.309 e. The fraction of sp³-hybridized carbons (Fsp3) is 0.0455. The van der Waals surface area contributed by atoms with Gasteiger partial charge in [0.15, 0.2) is 0 Å². The van der Waals surface area contributed by atoms with Crippen LogP contribution in [0, 0.1) is 28.6 Å².